The molecular formula is C16H23NO4Si. The first kappa shape index (κ1) is 16.5. The van der Waals surface area contributed by atoms with Crippen molar-refractivity contribution >= 4 is 19.8 Å². The zero-order chi connectivity index (χ0) is 16.7. The molecule has 1 aliphatic rings. The van der Waals surface area contributed by atoms with Crippen LogP contribution in [0.2, 0.25) is 18.1 Å². The number of benzene rings is 1. The molecule has 1 aromatic rings. The number of nitrogens with zero attached hydrogens (tertiary/aromatic N) is 1. The summed E-state index contributed by atoms with van der Waals surface area (Å²) in [5.41, 5.74) is 0.707. The highest BCUT2D eigenvalue weighted by molar-refractivity contribution is 6.74. The Morgan fingerprint density at radius 3 is 2.50 bits per heavy atom. The number of non-ortho nitro benzene ring substituents is 1. The fraction of sp³-hybridized carbons (Fsp3) is 0.500. The molecule has 0 aromatic heterocycles. The molecule has 0 bridgehead atoms. The van der Waals surface area contributed by atoms with Crippen LogP contribution < -0.4 is 4.74 Å². The van der Waals surface area contributed by atoms with E-state index in [-0.39, 0.29) is 16.8 Å². The minimum Gasteiger partial charge on any atom is -0.543 e. The molecule has 1 unspecified atom stereocenters. The van der Waals surface area contributed by atoms with Crippen molar-refractivity contribution in [2.45, 2.75) is 51.9 Å². The van der Waals surface area contributed by atoms with Gasteiger partial charge in [0.25, 0.3) is 5.69 Å². The molecule has 5 nitrogen and oxygen atoms in total. The van der Waals surface area contributed by atoms with Crippen LogP contribution in [0.1, 0.15) is 33.3 Å². The lowest BCUT2D eigenvalue weighted by molar-refractivity contribution is -0.384. The minimum absolute atomic E-state index is 0.0432. The Morgan fingerprint density at radius 2 is 1.95 bits per heavy atom. The summed E-state index contributed by atoms with van der Waals surface area (Å²) in [6, 6.07) is 4.63. The lowest BCUT2D eigenvalue weighted by Gasteiger charge is -2.38. The van der Waals surface area contributed by atoms with Crippen molar-refractivity contribution in [3.05, 3.63) is 40.0 Å². The normalized spacial score (nSPS) is 18.1. The SMILES string of the molecule is CC1C=C(O[Si](C)(C)C(C)(C)C)c2cc([N+](=O)[O-])ccc2O1. The summed E-state index contributed by atoms with van der Waals surface area (Å²) >= 11 is 0. The van der Waals surface area contributed by atoms with Crippen LogP contribution in [0, 0.1) is 10.1 Å². The maximum absolute atomic E-state index is 11.0. The molecule has 0 amide bonds. The monoisotopic (exact) mass is 321 g/mol. The summed E-state index contributed by atoms with van der Waals surface area (Å²) < 4.78 is 12.1. The van der Waals surface area contributed by atoms with Crippen molar-refractivity contribution in [1.29, 1.82) is 0 Å². The van der Waals surface area contributed by atoms with Crippen LogP contribution in [-0.2, 0) is 4.43 Å². The molecule has 1 heterocycles. The van der Waals surface area contributed by atoms with Crippen LogP contribution in [-0.4, -0.2) is 19.3 Å². The van der Waals surface area contributed by atoms with E-state index in [0.29, 0.717) is 17.1 Å². The number of hydrogen-bond acceptors (Lipinski definition) is 4. The summed E-state index contributed by atoms with van der Waals surface area (Å²) in [6.45, 7) is 12.7. The van der Waals surface area contributed by atoms with Gasteiger partial charge in [0.2, 0.25) is 8.32 Å². The van der Waals surface area contributed by atoms with Gasteiger partial charge in [-0.05, 0) is 37.2 Å². The smallest absolute Gasteiger partial charge is 0.270 e. The molecule has 0 fully saturated rings. The number of hydrogen-bond donors (Lipinski definition) is 0. The van der Waals surface area contributed by atoms with Crippen LogP contribution in [0.5, 0.6) is 5.75 Å². The van der Waals surface area contributed by atoms with Crippen LogP contribution in [0.3, 0.4) is 0 Å². The van der Waals surface area contributed by atoms with Crippen molar-refractivity contribution in [3.63, 3.8) is 0 Å². The Balaban J connectivity index is 2.45. The molecule has 0 spiro atoms. The second-order valence-electron chi connectivity index (χ2n) is 7.15. The van der Waals surface area contributed by atoms with Crippen LogP contribution in [0.25, 0.3) is 5.76 Å². The second kappa shape index (κ2) is 5.42. The predicted octanol–water partition coefficient (Wildman–Crippen LogP) is 4.74. The molecule has 120 valence electrons. The fourth-order valence-electron chi connectivity index (χ4n) is 1.98. The Kier molecular flexibility index (Phi) is 4.08. The number of nitro groups is 1. The molecule has 0 aliphatic carbocycles. The van der Waals surface area contributed by atoms with Crippen molar-refractivity contribution in [2.75, 3.05) is 0 Å². The number of ether oxygens (including phenoxy) is 1. The summed E-state index contributed by atoms with van der Waals surface area (Å²) in [5, 5.41) is 11.1. The van der Waals surface area contributed by atoms with Gasteiger partial charge in [0.1, 0.15) is 17.6 Å². The first-order valence-electron chi connectivity index (χ1n) is 7.37. The van der Waals surface area contributed by atoms with Crippen LogP contribution in [0.4, 0.5) is 5.69 Å². The summed E-state index contributed by atoms with van der Waals surface area (Å²) in [6.07, 6.45) is 1.78. The zero-order valence-corrected chi connectivity index (χ0v) is 15.0. The van der Waals surface area contributed by atoms with Gasteiger partial charge in [0.15, 0.2) is 0 Å². The maximum atomic E-state index is 11.0. The highest BCUT2D eigenvalue weighted by Crippen LogP contribution is 2.42. The number of rotatable bonds is 3. The van der Waals surface area contributed by atoms with Crippen molar-refractivity contribution < 1.29 is 14.1 Å². The molecule has 1 atom stereocenters. The summed E-state index contributed by atoms with van der Waals surface area (Å²) in [4.78, 5) is 10.6. The Hall–Kier alpha value is -1.82. The third-order valence-electron chi connectivity index (χ3n) is 4.31. The third kappa shape index (κ3) is 3.16. The highest BCUT2D eigenvalue weighted by atomic mass is 28.4. The van der Waals surface area contributed by atoms with E-state index in [1.54, 1.807) is 6.07 Å². The predicted molar refractivity (Wildman–Crippen MR) is 89.4 cm³/mol. The fourth-order valence-corrected chi connectivity index (χ4v) is 3.02. The van der Waals surface area contributed by atoms with E-state index < -0.39 is 13.2 Å². The summed E-state index contributed by atoms with van der Waals surface area (Å²) in [7, 11) is -2.03. The second-order valence-corrected chi connectivity index (χ2v) is 11.9. The van der Waals surface area contributed by atoms with Gasteiger partial charge in [-0.1, -0.05) is 20.8 Å². The molecule has 2 rings (SSSR count). The van der Waals surface area contributed by atoms with Crippen LogP contribution in [0.15, 0.2) is 24.3 Å². The Bertz CT molecular complexity index is 632. The number of fused-ring (bicyclic) bond motifs is 1. The maximum Gasteiger partial charge on any atom is 0.270 e. The molecule has 1 aliphatic heterocycles. The van der Waals surface area contributed by atoms with Crippen LogP contribution >= 0.6 is 0 Å². The van der Waals surface area contributed by atoms with Gasteiger partial charge >= 0.3 is 0 Å². The van der Waals surface area contributed by atoms with E-state index in [1.165, 1.54) is 12.1 Å². The molecular weight excluding hydrogens is 298 g/mol. The van der Waals surface area contributed by atoms with E-state index in [0.717, 1.165) is 0 Å². The van der Waals surface area contributed by atoms with E-state index in [9.17, 15) is 10.1 Å². The quantitative estimate of drug-likeness (QED) is 0.458. The lowest BCUT2D eigenvalue weighted by Crippen LogP contribution is -2.40. The van der Waals surface area contributed by atoms with E-state index in [2.05, 4.69) is 33.9 Å². The average molecular weight is 321 g/mol. The van der Waals surface area contributed by atoms with E-state index >= 15 is 0 Å². The van der Waals surface area contributed by atoms with Gasteiger partial charge in [-0.15, -0.1) is 0 Å². The summed E-state index contributed by atoms with van der Waals surface area (Å²) in [5.74, 6) is 1.33. The average Bonchev–Trinajstić information content (AvgIpc) is 2.36. The largest absolute Gasteiger partial charge is 0.543 e. The van der Waals surface area contributed by atoms with Gasteiger partial charge < -0.3 is 9.16 Å². The topological polar surface area (TPSA) is 61.6 Å². The lowest BCUT2D eigenvalue weighted by atomic mass is 10.1. The van der Waals surface area contributed by atoms with Gasteiger partial charge in [-0.2, -0.15) is 0 Å². The molecule has 0 radical (unpaired) electrons. The molecule has 0 N–H and O–H groups in total. The zero-order valence-electron chi connectivity index (χ0n) is 14.0. The Morgan fingerprint density at radius 1 is 1.32 bits per heavy atom. The van der Waals surface area contributed by atoms with Crippen molar-refractivity contribution in [3.8, 4) is 5.75 Å². The van der Waals surface area contributed by atoms with Gasteiger partial charge in [-0.25, -0.2) is 0 Å². The molecule has 0 saturated heterocycles. The molecule has 0 saturated carbocycles. The van der Waals surface area contributed by atoms with Gasteiger partial charge in [0, 0.05) is 12.1 Å². The molecule has 1 aromatic carbocycles. The highest BCUT2D eigenvalue weighted by Gasteiger charge is 2.40. The van der Waals surface area contributed by atoms with E-state index in [1.807, 2.05) is 13.0 Å². The van der Waals surface area contributed by atoms with Crippen molar-refractivity contribution in [1.82, 2.24) is 0 Å². The Labute approximate surface area is 132 Å². The third-order valence-corrected chi connectivity index (χ3v) is 8.65. The molecule has 22 heavy (non-hydrogen) atoms. The van der Waals surface area contributed by atoms with Gasteiger partial charge in [0.05, 0.1) is 10.5 Å². The first-order chi connectivity index (χ1) is 10.0. The first-order valence-corrected chi connectivity index (χ1v) is 10.3. The van der Waals surface area contributed by atoms with Gasteiger partial charge in [-0.3, -0.25) is 10.1 Å². The molecule has 6 heteroatoms. The standard InChI is InChI=1S/C16H23NO4Si/c1-11-9-15(21-22(5,6)16(2,3)4)13-10-12(17(18)19)7-8-14(13)20-11/h7-11H,1-6H3. The van der Waals surface area contributed by atoms with Crippen molar-refractivity contribution in [2.24, 2.45) is 0 Å². The van der Waals surface area contributed by atoms with E-state index in [4.69, 9.17) is 9.16 Å². The minimum atomic E-state index is -2.03. The number of nitro benzene ring substituents is 1.